The van der Waals surface area contributed by atoms with Crippen LogP contribution in [0.15, 0.2) is 0 Å². The van der Waals surface area contributed by atoms with Gasteiger partial charge in [0.25, 0.3) is 0 Å². The quantitative estimate of drug-likeness (QED) is 0.752. The maximum Gasteiger partial charge on any atom is 0.249 e. The molecule has 1 aliphatic carbocycles. The van der Waals surface area contributed by atoms with Crippen LogP contribution in [0.1, 0.15) is 51.9 Å². The van der Waals surface area contributed by atoms with Crippen LogP contribution in [0.25, 0.3) is 0 Å². The number of rotatable bonds is 3. The molecule has 18 heavy (non-hydrogen) atoms. The second-order valence-electron chi connectivity index (χ2n) is 5.88. The van der Waals surface area contributed by atoms with Gasteiger partial charge in [-0.15, -0.1) is 0 Å². The molecular formula is C14H26N2O2. The van der Waals surface area contributed by atoms with Crippen molar-refractivity contribution < 1.29 is 9.53 Å². The summed E-state index contributed by atoms with van der Waals surface area (Å²) in [5, 5.41) is 3.16. The van der Waals surface area contributed by atoms with E-state index in [1.807, 2.05) is 0 Å². The minimum atomic E-state index is -0.265. The maximum absolute atomic E-state index is 12.1. The van der Waals surface area contributed by atoms with Crippen molar-refractivity contribution in [2.75, 3.05) is 6.54 Å². The van der Waals surface area contributed by atoms with E-state index in [0.29, 0.717) is 12.6 Å². The van der Waals surface area contributed by atoms with Gasteiger partial charge >= 0.3 is 0 Å². The normalized spacial score (nSPS) is 37.2. The van der Waals surface area contributed by atoms with E-state index in [-0.39, 0.29) is 18.1 Å². The van der Waals surface area contributed by atoms with Crippen LogP contribution in [0.5, 0.6) is 0 Å². The van der Waals surface area contributed by atoms with Gasteiger partial charge in [0.15, 0.2) is 0 Å². The predicted molar refractivity (Wildman–Crippen MR) is 71.1 cm³/mol. The van der Waals surface area contributed by atoms with Crippen LogP contribution in [-0.4, -0.2) is 30.7 Å². The number of nitrogens with one attached hydrogen (secondary N) is 1. The van der Waals surface area contributed by atoms with Gasteiger partial charge in [0.05, 0.1) is 6.10 Å². The molecule has 1 aliphatic heterocycles. The Morgan fingerprint density at radius 3 is 2.78 bits per heavy atom. The highest BCUT2D eigenvalue weighted by atomic mass is 16.5. The minimum absolute atomic E-state index is 0.0745. The first kappa shape index (κ1) is 13.8. The Morgan fingerprint density at radius 2 is 2.06 bits per heavy atom. The molecule has 4 unspecified atom stereocenters. The molecule has 0 spiro atoms. The fraction of sp³-hybridized carbons (Fsp3) is 0.929. The third-order valence-electron chi connectivity index (χ3n) is 4.27. The Bertz CT molecular complexity index is 283. The molecule has 0 aromatic heterocycles. The van der Waals surface area contributed by atoms with Crippen LogP contribution in [0.4, 0.5) is 0 Å². The highest BCUT2D eigenvalue weighted by molar-refractivity contribution is 5.81. The van der Waals surface area contributed by atoms with Crippen molar-refractivity contribution >= 4 is 5.91 Å². The molecule has 1 amide bonds. The molecule has 2 rings (SSSR count). The number of ether oxygens (including phenoxy) is 1. The third-order valence-corrected chi connectivity index (χ3v) is 4.27. The number of hydrogen-bond acceptors (Lipinski definition) is 3. The summed E-state index contributed by atoms with van der Waals surface area (Å²) in [5.41, 5.74) is 5.56. The largest absolute Gasteiger partial charge is 0.364 e. The summed E-state index contributed by atoms with van der Waals surface area (Å²) < 4.78 is 5.63. The number of carbonyl (C=O) groups is 1. The van der Waals surface area contributed by atoms with Gasteiger partial charge in [-0.2, -0.15) is 0 Å². The van der Waals surface area contributed by atoms with Gasteiger partial charge in [0, 0.05) is 12.6 Å². The summed E-state index contributed by atoms with van der Waals surface area (Å²) in [6, 6.07) is 0.350. The summed E-state index contributed by atoms with van der Waals surface area (Å²) in [6.45, 7) is 2.82. The first-order valence-corrected chi connectivity index (χ1v) is 7.35. The summed E-state index contributed by atoms with van der Waals surface area (Å²) in [5.74, 6) is 0.877. The number of hydrogen-bond donors (Lipinski definition) is 2. The molecule has 2 aliphatic rings. The molecule has 3 N–H and O–H groups in total. The van der Waals surface area contributed by atoms with Crippen molar-refractivity contribution in [3.8, 4) is 0 Å². The molecule has 4 nitrogen and oxygen atoms in total. The smallest absolute Gasteiger partial charge is 0.249 e. The van der Waals surface area contributed by atoms with Crippen molar-refractivity contribution in [3.63, 3.8) is 0 Å². The molecule has 1 saturated heterocycles. The van der Waals surface area contributed by atoms with Gasteiger partial charge in [-0.25, -0.2) is 0 Å². The lowest BCUT2D eigenvalue weighted by molar-refractivity contribution is -0.132. The molecule has 1 heterocycles. The van der Waals surface area contributed by atoms with Gasteiger partial charge in [0.1, 0.15) is 6.10 Å². The van der Waals surface area contributed by atoms with E-state index in [0.717, 1.165) is 31.6 Å². The average Bonchev–Trinajstić information content (AvgIpc) is 2.76. The second kappa shape index (κ2) is 6.53. The second-order valence-corrected chi connectivity index (χ2v) is 5.88. The fourth-order valence-electron chi connectivity index (χ4n) is 3.00. The summed E-state index contributed by atoms with van der Waals surface area (Å²) in [7, 11) is 0. The Kier molecular flexibility index (Phi) is 5.01. The SMILES string of the molecule is CC1CCCC(NC(=O)C2CCC(CN)O2)CC1. The maximum atomic E-state index is 12.1. The Morgan fingerprint density at radius 1 is 1.22 bits per heavy atom. The molecule has 4 atom stereocenters. The first-order chi connectivity index (χ1) is 8.69. The molecule has 0 bridgehead atoms. The third kappa shape index (κ3) is 3.69. The van der Waals surface area contributed by atoms with E-state index in [9.17, 15) is 4.79 Å². The van der Waals surface area contributed by atoms with Crippen molar-refractivity contribution in [1.82, 2.24) is 5.32 Å². The lowest BCUT2D eigenvalue weighted by Gasteiger charge is -2.19. The van der Waals surface area contributed by atoms with Crippen molar-refractivity contribution in [2.24, 2.45) is 11.7 Å². The van der Waals surface area contributed by atoms with Gasteiger partial charge in [0.2, 0.25) is 5.91 Å². The standard InChI is InChI=1S/C14H26N2O2/c1-10-3-2-4-11(6-5-10)16-14(17)13-8-7-12(9-15)18-13/h10-13H,2-9,15H2,1H3,(H,16,17). The van der Waals surface area contributed by atoms with E-state index in [1.165, 1.54) is 19.3 Å². The molecular weight excluding hydrogens is 228 g/mol. The van der Waals surface area contributed by atoms with E-state index in [4.69, 9.17) is 10.5 Å². The zero-order valence-electron chi connectivity index (χ0n) is 11.4. The Balaban J connectivity index is 1.77. The Hall–Kier alpha value is -0.610. The van der Waals surface area contributed by atoms with Crippen LogP contribution in [-0.2, 0) is 9.53 Å². The fourth-order valence-corrected chi connectivity index (χ4v) is 3.00. The molecule has 1 saturated carbocycles. The highest BCUT2D eigenvalue weighted by Crippen LogP contribution is 2.24. The van der Waals surface area contributed by atoms with Crippen LogP contribution < -0.4 is 11.1 Å². The lowest BCUT2D eigenvalue weighted by Crippen LogP contribution is -2.41. The molecule has 0 radical (unpaired) electrons. The molecule has 104 valence electrons. The molecule has 2 fully saturated rings. The average molecular weight is 254 g/mol. The van der Waals surface area contributed by atoms with Gasteiger partial charge in [-0.1, -0.05) is 19.8 Å². The van der Waals surface area contributed by atoms with E-state index in [1.54, 1.807) is 0 Å². The number of nitrogens with two attached hydrogens (primary N) is 1. The van der Waals surface area contributed by atoms with Crippen LogP contribution in [0.2, 0.25) is 0 Å². The summed E-state index contributed by atoms with van der Waals surface area (Å²) in [6.07, 6.45) is 7.51. The summed E-state index contributed by atoms with van der Waals surface area (Å²) >= 11 is 0. The summed E-state index contributed by atoms with van der Waals surface area (Å²) in [4.78, 5) is 12.1. The monoisotopic (exact) mass is 254 g/mol. The van der Waals surface area contributed by atoms with E-state index < -0.39 is 0 Å². The molecule has 4 heteroatoms. The minimum Gasteiger partial charge on any atom is -0.364 e. The molecule has 0 aromatic carbocycles. The van der Waals surface area contributed by atoms with Crippen molar-refractivity contribution in [3.05, 3.63) is 0 Å². The first-order valence-electron chi connectivity index (χ1n) is 7.35. The molecule has 0 aromatic rings. The zero-order chi connectivity index (χ0) is 13.0. The van der Waals surface area contributed by atoms with Gasteiger partial charge in [-0.05, 0) is 38.0 Å². The predicted octanol–water partition coefficient (Wildman–Crippen LogP) is 1.58. The van der Waals surface area contributed by atoms with Gasteiger partial charge < -0.3 is 15.8 Å². The number of carbonyl (C=O) groups excluding carboxylic acids is 1. The van der Waals surface area contributed by atoms with E-state index in [2.05, 4.69) is 12.2 Å². The Labute approximate surface area is 110 Å². The highest BCUT2D eigenvalue weighted by Gasteiger charge is 2.31. The van der Waals surface area contributed by atoms with Gasteiger partial charge in [-0.3, -0.25) is 4.79 Å². The van der Waals surface area contributed by atoms with Crippen LogP contribution in [0.3, 0.4) is 0 Å². The van der Waals surface area contributed by atoms with Crippen molar-refractivity contribution in [2.45, 2.75) is 70.1 Å². The lowest BCUT2D eigenvalue weighted by atomic mass is 10.0. The van der Waals surface area contributed by atoms with Crippen LogP contribution in [0, 0.1) is 5.92 Å². The topological polar surface area (TPSA) is 64.4 Å². The number of amides is 1. The van der Waals surface area contributed by atoms with E-state index >= 15 is 0 Å². The van der Waals surface area contributed by atoms with Crippen LogP contribution >= 0.6 is 0 Å². The van der Waals surface area contributed by atoms with Crippen molar-refractivity contribution in [1.29, 1.82) is 0 Å². The zero-order valence-corrected chi connectivity index (χ0v) is 11.4.